The van der Waals surface area contributed by atoms with Crippen LogP contribution in [0.4, 0.5) is 4.39 Å². The van der Waals surface area contributed by atoms with Crippen molar-refractivity contribution in [2.45, 2.75) is 18.9 Å². The number of piperidine rings is 1. The molecule has 27 heavy (non-hydrogen) atoms. The van der Waals surface area contributed by atoms with Gasteiger partial charge in [-0.1, -0.05) is 11.6 Å². The fourth-order valence-electron chi connectivity index (χ4n) is 2.82. The summed E-state index contributed by atoms with van der Waals surface area (Å²) in [5.41, 5.74) is 0.169. The first-order chi connectivity index (χ1) is 12.8. The highest BCUT2D eigenvalue weighted by Crippen LogP contribution is 2.25. The van der Waals surface area contributed by atoms with Gasteiger partial charge in [0.05, 0.1) is 0 Å². The highest BCUT2D eigenvalue weighted by atomic mass is 35.5. The lowest BCUT2D eigenvalue weighted by Gasteiger charge is -2.31. The average molecular weight is 413 g/mol. The second-order valence-electron chi connectivity index (χ2n) is 6.19. The summed E-state index contributed by atoms with van der Waals surface area (Å²) in [5.74, 6) is -1.36. The Hall–Kier alpha value is -2.03. The van der Waals surface area contributed by atoms with Gasteiger partial charge >= 0.3 is 0 Å². The van der Waals surface area contributed by atoms with E-state index in [0.717, 1.165) is 12.1 Å². The molecule has 6 nitrogen and oxygen atoms in total. The van der Waals surface area contributed by atoms with Crippen molar-refractivity contribution in [2.75, 3.05) is 18.8 Å². The minimum atomic E-state index is -3.75. The Morgan fingerprint density at radius 1 is 1.22 bits per heavy atom. The van der Waals surface area contributed by atoms with Crippen LogP contribution in [0.3, 0.4) is 0 Å². The molecular formula is C18H18ClFN2O4S. The van der Waals surface area contributed by atoms with Gasteiger partial charge in [0.25, 0.3) is 0 Å². The Labute approximate surface area is 162 Å². The summed E-state index contributed by atoms with van der Waals surface area (Å²) in [5, 5.41) is 0.400. The topological polar surface area (TPSA) is 76.6 Å². The van der Waals surface area contributed by atoms with Gasteiger partial charge in [0.1, 0.15) is 22.7 Å². The van der Waals surface area contributed by atoms with Crippen molar-refractivity contribution in [3.05, 3.63) is 59.0 Å². The smallest absolute Gasteiger partial charge is 0.232 e. The summed E-state index contributed by atoms with van der Waals surface area (Å²) in [4.78, 5) is 16.2. The van der Waals surface area contributed by atoms with Crippen LogP contribution in [0.2, 0.25) is 5.02 Å². The van der Waals surface area contributed by atoms with Gasteiger partial charge in [-0.25, -0.2) is 22.1 Å². The van der Waals surface area contributed by atoms with Crippen LogP contribution in [-0.2, 0) is 10.0 Å². The number of ether oxygens (including phenoxy) is 1. The molecule has 1 aliphatic rings. The van der Waals surface area contributed by atoms with Crippen LogP contribution in [0.25, 0.3) is 0 Å². The number of ketones is 1. The highest BCUT2D eigenvalue weighted by Gasteiger charge is 2.31. The van der Waals surface area contributed by atoms with Gasteiger partial charge in [0.15, 0.2) is 5.78 Å². The molecule has 144 valence electrons. The van der Waals surface area contributed by atoms with Crippen molar-refractivity contribution in [3.8, 4) is 5.88 Å². The Kier molecular flexibility index (Phi) is 6.08. The van der Waals surface area contributed by atoms with E-state index in [4.69, 9.17) is 16.3 Å². The van der Waals surface area contributed by atoms with E-state index in [-0.39, 0.29) is 24.8 Å². The maximum atomic E-state index is 12.9. The number of hydrogen-bond donors (Lipinski definition) is 0. The number of rotatable bonds is 6. The van der Waals surface area contributed by atoms with Crippen LogP contribution in [0.5, 0.6) is 5.88 Å². The van der Waals surface area contributed by atoms with E-state index in [2.05, 4.69) is 4.98 Å². The first-order valence-electron chi connectivity index (χ1n) is 8.39. The van der Waals surface area contributed by atoms with E-state index in [1.807, 2.05) is 0 Å². The third kappa shape index (κ3) is 5.03. The summed E-state index contributed by atoms with van der Waals surface area (Å²) in [6, 6.07) is 8.19. The Balaban J connectivity index is 1.57. The number of benzene rings is 1. The van der Waals surface area contributed by atoms with Crippen molar-refractivity contribution in [2.24, 2.45) is 0 Å². The fourth-order valence-corrected chi connectivity index (χ4v) is 4.43. The molecule has 0 bridgehead atoms. The molecule has 2 aromatic rings. The SMILES string of the molecule is O=C(CS(=O)(=O)N1CCC(Oc2ncccc2Cl)CC1)c1ccc(F)cc1. The number of sulfonamides is 1. The maximum Gasteiger partial charge on any atom is 0.232 e. The minimum Gasteiger partial charge on any atom is -0.473 e. The van der Waals surface area contributed by atoms with Crippen molar-refractivity contribution < 1.29 is 22.3 Å². The molecule has 0 aliphatic carbocycles. The largest absolute Gasteiger partial charge is 0.473 e. The molecule has 0 amide bonds. The predicted octanol–water partition coefficient (Wildman–Crippen LogP) is 2.93. The quantitative estimate of drug-likeness (QED) is 0.682. The monoisotopic (exact) mass is 412 g/mol. The molecule has 0 atom stereocenters. The summed E-state index contributed by atoms with van der Waals surface area (Å²) in [7, 11) is -3.75. The van der Waals surface area contributed by atoms with E-state index >= 15 is 0 Å². The average Bonchev–Trinajstić information content (AvgIpc) is 2.64. The Bertz CT molecular complexity index is 913. The van der Waals surface area contributed by atoms with Crippen LogP contribution in [-0.4, -0.2) is 48.4 Å². The molecule has 1 aromatic carbocycles. The second kappa shape index (κ2) is 8.33. The summed E-state index contributed by atoms with van der Waals surface area (Å²) in [6.07, 6.45) is 2.31. The minimum absolute atomic E-state index is 0.169. The van der Waals surface area contributed by atoms with Crippen LogP contribution in [0, 0.1) is 5.82 Å². The third-order valence-corrected chi connectivity index (χ3v) is 6.34. The number of aromatic nitrogens is 1. The molecule has 0 unspecified atom stereocenters. The van der Waals surface area contributed by atoms with E-state index in [9.17, 15) is 17.6 Å². The molecule has 0 radical (unpaired) electrons. The van der Waals surface area contributed by atoms with E-state index in [0.29, 0.717) is 23.7 Å². The van der Waals surface area contributed by atoms with Crippen LogP contribution < -0.4 is 4.74 Å². The molecule has 0 spiro atoms. The van der Waals surface area contributed by atoms with Gasteiger partial charge in [-0.3, -0.25) is 4.79 Å². The van der Waals surface area contributed by atoms with Gasteiger partial charge in [-0.05, 0) is 49.2 Å². The lowest BCUT2D eigenvalue weighted by molar-refractivity contribution is 0.101. The first kappa shape index (κ1) is 19.7. The summed E-state index contributed by atoms with van der Waals surface area (Å²) < 4.78 is 45.0. The number of hydrogen-bond acceptors (Lipinski definition) is 5. The van der Waals surface area contributed by atoms with Gasteiger partial charge in [0, 0.05) is 24.8 Å². The first-order valence-corrected chi connectivity index (χ1v) is 10.4. The number of Topliss-reactive ketones (excluding diaryl/α,β-unsaturated/α-hetero) is 1. The van der Waals surface area contributed by atoms with Gasteiger partial charge in [-0.15, -0.1) is 0 Å². The zero-order valence-electron chi connectivity index (χ0n) is 14.3. The van der Waals surface area contributed by atoms with Crippen molar-refractivity contribution in [3.63, 3.8) is 0 Å². The molecule has 9 heteroatoms. The molecular weight excluding hydrogens is 395 g/mol. The molecule has 2 heterocycles. The molecule has 3 rings (SSSR count). The lowest BCUT2D eigenvalue weighted by Crippen LogP contribution is -2.43. The van der Waals surface area contributed by atoms with Crippen LogP contribution in [0.15, 0.2) is 42.6 Å². The zero-order valence-corrected chi connectivity index (χ0v) is 15.9. The maximum absolute atomic E-state index is 12.9. The summed E-state index contributed by atoms with van der Waals surface area (Å²) >= 11 is 6.02. The zero-order chi connectivity index (χ0) is 19.4. The van der Waals surface area contributed by atoms with Gasteiger partial charge in [0.2, 0.25) is 15.9 Å². The molecule has 1 aliphatic heterocycles. The third-order valence-electron chi connectivity index (χ3n) is 4.28. The number of nitrogens with zero attached hydrogens (tertiary/aromatic N) is 2. The molecule has 1 saturated heterocycles. The van der Waals surface area contributed by atoms with E-state index in [1.165, 1.54) is 16.4 Å². The highest BCUT2D eigenvalue weighted by molar-refractivity contribution is 7.89. The Morgan fingerprint density at radius 3 is 2.52 bits per heavy atom. The van der Waals surface area contributed by atoms with E-state index in [1.54, 1.807) is 18.3 Å². The molecule has 1 fully saturated rings. The summed E-state index contributed by atoms with van der Waals surface area (Å²) in [6.45, 7) is 0.488. The van der Waals surface area contributed by atoms with E-state index < -0.39 is 27.4 Å². The second-order valence-corrected chi connectivity index (χ2v) is 8.57. The molecule has 0 N–H and O–H groups in total. The number of carbonyl (C=O) groups is 1. The lowest BCUT2D eigenvalue weighted by atomic mass is 10.1. The van der Waals surface area contributed by atoms with Crippen molar-refractivity contribution in [1.82, 2.24) is 9.29 Å². The van der Waals surface area contributed by atoms with Gasteiger partial charge < -0.3 is 4.74 Å². The Morgan fingerprint density at radius 2 is 1.89 bits per heavy atom. The van der Waals surface area contributed by atoms with Gasteiger partial charge in [-0.2, -0.15) is 0 Å². The normalized spacial score (nSPS) is 16.2. The van der Waals surface area contributed by atoms with Crippen LogP contribution in [0.1, 0.15) is 23.2 Å². The predicted molar refractivity (Wildman–Crippen MR) is 99.0 cm³/mol. The molecule has 1 aromatic heterocycles. The number of halogens is 2. The number of pyridine rings is 1. The van der Waals surface area contributed by atoms with Crippen molar-refractivity contribution >= 4 is 27.4 Å². The fraction of sp³-hybridized carbons (Fsp3) is 0.333. The standard InChI is InChI=1S/C18H18ClFN2O4S/c19-16-2-1-9-21-18(16)26-15-7-10-22(11-8-15)27(24,25)12-17(23)13-3-5-14(20)6-4-13/h1-6,9,15H,7-8,10-12H2. The number of carbonyl (C=O) groups excluding carboxylic acids is 1. The van der Waals surface area contributed by atoms with Crippen molar-refractivity contribution in [1.29, 1.82) is 0 Å². The molecule has 0 saturated carbocycles. The van der Waals surface area contributed by atoms with Crippen LogP contribution >= 0.6 is 11.6 Å².